The Balaban J connectivity index is 1.32. The summed E-state index contributed by atoms with van der Waals surface area (Å²) in [6.07, 6.45) is 5.02. The van der Waals surface area contributed by atoms with Crippen LogP contribution in [0, 0.1) is 0 Å². The maximum absolute atomic E-state index is 13.0. The average Bonchev–Trinajstić information content (AvgIpc) is 3.32. The molecule has 0 spiro atoms. The summed E-state index contributed by atoms with van der Waals surface area (Å²) in [5.41, 5.74) is 1.14. The van der Waals surface area contributed by atoms with Crippen LogP contribution in [-0.4, -0.2) is 71.4 Å². The third kappa shape index (κ3) is 6.08. The summed E-state index contributed by atoms with van der Waals surface area (Å²) in [7, 11) is 0. The highest BCUT2D eigenvalue weighted by molar-refractivity contribution is 5.92. The molecule has 1 N–H and O–H groups in total. The molecule has 0 bridgehead atoms. The number of nitrogens with one attached hydrogen (secondary N) is 1. The second kappa shape index (κ2) is 10.5. The Labute approximate surface area is 201 Å². The van der Waals surface area contributed by atoms with Gasteiger partial charge in [0.15, 0.2) is 0 Å². The van der Waals surface area contributed by atoms with Crippen molar-refractivity contribution < 1.29 is 19.1 Å². The molecule has 0 radical (unpaired) electrons. The first-order valence-corrected chi connectivity index (χ1v) is 12.0. The van der Waals surface area contributed by atoms with Crippen LogP contribution in [0.4, 0.5) is 10.6 Å². The number of nitrogens with zero attached hydrogens (tertiary/aromatic N) is 4. The van der Waals surface area contributed by atoms with Gasteiger partial charge in [0.2, 0.25) is 0 Å². The number of likely N-dealkylation sites (tertiary alicyclic amines) is 1. The van der Waals surface area contributed by atoms with Crippen LogP contribution in [0.15, 0.2) is 36.7 Å². The fraction of sp³-hybridized carbons (Fsp3) is 0.560. The molecule has 0 aromatic carbocycles. The SMILES string of the molecule is CC(C)(C)OC(=O)N1CCC(n2cccc2C(=O)NCc2ccnc(N3CCOCC3)c2)CC1. The van der Waals surface area contributed by atoms with E-state index in [1.807, 2.05) is 55.8 Å². The van der Waals surface area contributed by atoms with E-state index >= 15 is 0 Å². The van der Waals surface area contributed by atoms with Crippen molar-refractivity contribution in [3.8, 4) is 0 Å². The highest BCUT2D eigenvalue weighted by atomic mass is 16.6. The lowest BCUT2D eigenvalue weighted by Crippen LogP contribution is -2.42. The molecule has 0 saturated carbocycles. The van der Waals surface area contributed by atoms with E-state index in [9.17, 15) is 9.59 Å². The Hall–Kier alpha value is -3.07. The summed E-state index contributed by atoms with van der Waals surface area (Å²) in [5, 5.41) is 3.05. The van der Waals surface area contributed by atoms with E-state index in [4.69, 9.17) is 9.47 Å². The first kappa shape index (κ1) is 24.1. The molecule has 34 heavy (non-hydrogen) atoms. The number of morpholine rings is 1. The largest absolute Gasteiger partial charge is 0.444 e. The summed E-state index contributed by atoms with van der Waals surface area (Å²) in [6.45, 7) is 10.3. The lowest BCUT2D eigenvalue weighted by atomic mass is 10.0. The lowest BCUT2D eigenvalue weighted by Gasteiger charge is -2.34. The van der Waals surface area contributed by atoms with Crippen molar-refractivity contribution in [1.82, 2.24) is 19.8 Å². The van der Waals surface area contributed by atoms with Crippen LogP contribution >= 0.6 is 0 Å². The van der Waals surface area contributed by atoms with Gasteiger partial charge in [0.1, 0.15) is 17.1 Å². The molecule has 0 aliphatic carbocycles. The molecule has 2 fully saturated rings. The van der Waals surface area contributed by atoms with Gasteiger partial charge in [0.25, 0.3) is 5.91 Å². The molecular formula is C25H35N5O4. The van der Waals surface area contributed by atoms with Gasteiger partial charge in [-0.25, -0.2) is 9.78 Å². The van der Waals surface area contributed by atoms with Gasteiger partial charge in [0.05, 0.1) is 13.2 Å². The standard InChI is InChI=1S/C25H35N5O4/c1-25(2,3)34-24(32)29-11-7-20(8-12-29)30-10-4-5-21(30)23(31)27-18-19-6-9-26-22(17-19)28-13-15-33-16-14-28/h4-6,9-10,17,20H,7-8,11-16,18H2,1-3H3,(H,27,31). The number of aromatic nitrogens is 2. The topological polar surface area (TPSA) is 88.9 Å². The maximum Gasteiger partial charge on any atom is 0.410 e. The number of amides is 2. The summed E-state index contributed by atoms with van der Waals surface area (Å²) in [4.78, 5) is 33.8. The second-order valence-corrected chi connectivity index (χ2v) is 9.80. The molecule has 2 amide bonds. The molecule has 184 valence electrons. The van der Waals surface area contributed by atoms with Crippen LogP contribution in [0.2, 0.25) is 0 Å². The van der Waals surface area contributed by atoms with Gasteiger partial charge >= 0.3 is 6.09 Å². The van der Waals surface area contributed by atoms with Gasteiger partial charge in [-0.2, -0.15) is 0 Å². The Morgan fingerprint density at radius 3 is 2.59 bits per heavy atom. The molecule has 2 aliphatic heterocycles. The number of hydrogen-bond acceptors (Lipinski definition) is 6. The molecule has 0 unspecified atom stereocenters. The number of ether oxygens (including phenoxy) is 2. The van der Waals surface area contributed by atoms with Crippen LogP contribution in [0.3, 0.4) is 0 Å². The molecule has 2 saturated heterocycles. The number of carbonyl (C=O) groups excluding carboxylic acids is 2. The number of carbonyl (C=O) groups is 2. The Morgan fingerprint density at radius 2 is 1.88 bits per heavy atom. The van der Waals surface area contributed by atoms with Crippen molar-refractivity contribution in [2.75, 3.05) is 44.3 Å². The third-order valence-corrected chi connectivity index (χ3v) is 6.12. The first-order valence-electron chi connectivity index (χ1n) is 12.0. The highest BCUT2D eigenvalue weighted by Gasteiger charge is 2.28. The number of hydrogen-bond donors (Lipinski definition) is 1. The molecule has 9 heteroatoms. The van der Waals surface area contributed by atoms with Gasteiger partial charge in [0, 0.05) is 51.2 Å². The van der Waals surface area contributed by atoms with Crippen molar-refractivity contribution in [2.45, 2.75) is 51.8 Å². The quantitative estimate of drug-likeness (QED) is 0.723. The van der Waals surface area contributed by atoms with Gasteiger partial charge < -0.3 is 29.2 Å². The van der Waals surface area contributed by atoms with E-state index in [-0.39, 0.29) is 18.0 Å². The number of piperidine rings is 1. The molecule has 9 nitrogen and oxygen atoms in total. The fourth-order valence-corrected chi connectivity index (χ4v) is 4.37. The molecule has 4 heterocycles. The summed E-state index contributed by atoms with van der Waals surface area (Å²) >= 11 is 0. The van der Waals surface area contributed by atoms with Crippen LogP contribution in [-0.2, 0) is 16.0 Å². The van der Waals surface area contributed by atoms with Gasteiger partial charge in [-0.05, 0) is 63.4 Å². The zero-order valence-corrected chi connectivity index (χ0v) is 20.3. The van der Waals surface area contributed by atoms with Crippen molar-refractivity contribution in [3.63, 3.8) is 0 Å². The van der Waals surface area contributed by atoms with Crippen molar-refractivity contribution in [2.24, 2.45) is 0 Å². The number of rotatable bonds is 5. The van der Waals surface area contributed by atoms with Gasteiger partial charge in [-0.15, -0.1) is 0 Å². The average molecular weight is 470 g/mol. The minimum Gasteiger partial charge on any atom is -0.444 e. The highest BCUT2D eigenvalue weighted by Crippen LogP contribution is 2.26. The van der Waals surface area contributed by atoms with E-state index in [1.165, 1.54) is 0 Å². The molecular weight excluding hydrogens is 434 g/mol. The van der Waals surface area contributed by atoms with Gasteiger partial charge in [-0.3, -0.25) is 4.79 Å². The molecule has 0 atom stereocenters. The van der Waals surface area contributed by atoms with Crippen LogP contribution in [0.25, 0.3) is 0 Å². The Bertz CT molecular complexity index is 985. The van der Waals surface area contributed by atoms with E-state index in [1.54, 1.807) is 11.1 Å². The Kier molecular flexibility index (Phi) is 7.41. The van der Waals surface area contributed by atoms with E-state index < -0.39 is 5.60 Å². The van der Waals surface area contributed by atoms with Crippen molar-refractivity contribution >= 4 is 17.8 Å². The predicted octanol–water partition coefficient (Wildman–Crippen LogP) is 3.22. The molecule has 2 aliphatic rings. The fourth-order valence-electron chi connectivity index (χ4n) is 4.37. The van der Waals surface area contributed by atoms with Gasteiger partial charge in [-0.1, -0.05) is 0 Å². The summed E-state index contributed by atoms with van der Waals surface area (Å²) in [6, 6.07) is 7.87. The smallest absolute Gasteiger partial charge is 0.410 e. The van der Waals surface area contributed by atoms with Crippen LogP contribution in [0.1, 0.15) is 55.7 Å². The third-order valence-electron chi connectivity index (χ3n) is 6.12. The zero-order valence-electron chi connectivity index (χ0n) is 20.3. The normalized spacial score (nSPS) is 17.5. The minimum absolute atomic E-state index is 0.107. The van der Waals surface area contributed by atoms with E-state index in [0.717, 1.165) is 37.3 Å². The minimum atomic E-state index is -0.503. The van der Waals surface area contributed by atoms with Crippen molar-refractivity contribution in [1.29, 1.82) is 0 Å². The van der Waals surface area contributed by atoms with Crippen LogP contribution < -0.4 is 10.2 Å². The van der Waals surface area contributed by atoms with Crippen LogP contribution in [0.5, 0.6) is 0 Å². The summed E-state index contributed by atoms with van der Waals surface area (Å²) in [5.74, 6) is 0.805. The monoisotopic (exact) mass is 469 g/mol. The van der Waals surface area contributed by atoms with E-state index in [2.05, 4.69) is 15.2 Å². The van der Waals surface area contributed by atoms with Crippen molar-refractivity contribution in [3.05, 3.63) is 47.9 Å². The molecule has 4 rings (SSSR count). The molecule has 2 aromatic heterocycles. The Morgan fingerprint density at radius 1 is 1.15 bits per heavy atom. The maximum atomic E-state index is 13.0. The lowest BCUT2D eigenvalue weighted by molar-refractivity contribution is 0.0187. The van der Waals surface area contributed by atoms with E-state index in [0.29, 0.717) is 38.5 Å². The molecule has 2 aromatic rings. The summed E-state index contributed by atoms with van der Waals surface area (Å²) < 4.78 is 12.9. The predicted molar refractivity (Wildman–Crippen MR) is 129 cm³/mol. The zero-order chi connectivity index (χ0) is 24.1. The number of pyridine rings is 1. The number of anilines is 1. The second-order valence-electron chi connectivity index (χ2n) is 9.80. The first-order chi connectivity index (χ1) is 16.3.